The Morgan fingerprint density at radius 2 is 2.24 bits per heavy atom. The van der Waals surface area contributed by atoms with Gasteiger partial charge in [-0.2, -0.15) is 0 Å². The molecule has 1 amide bonds. The second kappa shape index (κ2) is 7.35. The molecule has 1 aromatic rings. The van der Waals surface area contributed by atoms with Crippen LogP contribution in [0.3, 0.4) is 0 Å². The fourth-order valence-electron chi connectivity index (χ4n) is 2.20. The van der Waals surface area contributed by atoms with Gasteiger partial charge >= 0.3 is 0 Å². The smallest absolute Gasteiger partial charge is 0.273 e. The van der Waals surface area contributed by atoms with Crippen LogP contribution in [-0.4, -0.2) is 41.7 Å². The van der Waals surface area contributed by atoms with Crippen molar-refractivity contribution >= 4 is 24.0 Å². The number of benzene rings is 1. The van der Waals surface area contributed by atoms with Crippen LogP contribution >= 0.6 is 12.4 Å². The number of carbonyl (C=O) groups excluding carboxylic acids is 1. The first kappa shape index (κ1) is 17.4. The number of carbonyl (C=O) groups is 1. The van der Waals surface area contributed by atoms with Crippen LogP contribution in [0, 0.1) is 23.0 Å². The lowest BCUT2D eigenvalue weighted by Gasteiger charge is -2.14. The fraction of sp³-hybridized carbons (Fsp3) is 0.462. The summed E-state index contributed by atoms with van der Waals surface area (Å²) in [5.41, 5.74) is 0.699. The summed E-state index contributed by atoms with van der Waals surface area (Å²) in [7, 11) is 0. The van der Waals surface area contributed by atoms with Crippen LogP contribution in [-0.2, 0) is 0 Å². The Balaban J connectivity index is 0.00000220. The minimum absolute atomic E-state index is 0. The zero-order chi connectivity index (χ0) is 14.7. The van der Waals surface area contributed by atoms with E-state index < -0.39 is 11.0 Å². The van der Waals surface area contributed by atoms with Crippen molar-refractivity contribution in [2.45, 2.75) is 13.0 Å². The Bertz CT molecular complexity index is 538. The Hall–Kier alpha value is -1.70. The van der Waals surface area contributed by atoms with E-state index in [-0.39, 0.29) is 35.5 Å². The zero-order valence-electron chi connectivity index (χ0n) is 11.5. The first-order valence-corrected chi connectivity index (χ1v) is 6.41. The molecule has 2 atom stereocenters. The number of amides is 1. The lowest BCUT2D eigenvalue weighted by molar-refractivity contribution is -0.385. The maximum atomic E-state index is 12.0. The average molecular weight is 316 g/mol. The lowest BCUT2D eigenvalue weighted by Crippen LogP contribution is -2.34. The number of halogens is 1. The van der Waals surface area contributed by atoms with Crippen molar-refractivity contribution in [3.8, 4) is 0 Å². The summed E-state index contributed by atoms with van der Waals surface area (Å²) in [5.74, 6) is -0.397. The summed E-state index contributed by atoms with van der Waals surface area (Å²) < 4.78 is 0. The average Bonchev–Trinajstić information content (AvgIpc) is 2.81. The van der Waals surface area contributed by atoms with E-state index in [1.54, 1.807) is 19.1 Å². The molecule has 2 unspecified atom stereocenters. The fourth-order valence-corrected chi connectivity index (χ4v) is 2.20. The standard InChI is InChI=1S/C13H17N3O4.ClH/c1-8-2-3-9(4-11(8)16(19)20)13(18)15-6-10-5-14-7-12(10)17;/h2-4,10,12,14,17H,5-7H2,1H3,(H,15,18);1H. The number of hydrogen-bond acceptors (Lipinski definition) is 5. The third-order valence-corrected chi connectivity index (χ3v) is 3.50. The molecule has 1 aromatic carbocycles. The third-order valence-electron chi connectivity index (χ3n) is 3.50. The Morgan fingerprint density at radius 3 is 2.81 bits per heavy atom. The summed E-state index contributed by atoms with van der Waals surface area (Å²) in [4.78, 5) is 22.3. The molecule has 1 fully saturated rings. The van der Waals surface area contributed by atoms with E-state index in [1.165, 1.54) is 6.07 Å². The van der Waals surface area contributed by atoms with Gasteiger partial charge in [-0.05, 0) is 13.0 Å². The van der Waals surface area contributed by atoms with Gasteiger partial charge in [-0.1, -0.05) is 6.07 Å². The second-order valence-corrected chi connectivity index (χ2v) is 4.95. The van der Waals surface area contributed by atoms with Gasteiger partial charge < -0.3 is 15.7 Å². The Morgan fingerprint density at radius 1 is 1.52 bits per heavy atom. The predicted molar refractivity (Wildman–Crippen MR) is 79.8 cm³/mol. The highest BCUT2D eigenvalue weighted by molar-refractivity contribution is 5.95. The van der Waals surface area contributed by atoms with Crippen molar-refractivity contribution in [3.05, 3.63) is 39.4 Å². The molecule has 0 saturated carbocycles. The van der Waals surface area contributed by atoms with Crippen molar-refractivity contribution in [2.75, 3.05) is 19.6 Å². The minimum Gasteiger partial charge on any atom is -0.391 e. The van der Waals surface area contributed by atoms with E-state index in [1.807, 2.05) is 0 Å². The summed E-state index contributed by atoms with van der Waals surface area (Å²) in [5, 5.41) is 26.2. The second-order valence-electron chi connectivity index (χ2n) is 4.95. The highest BCUT2D eigenvalue weighted by Gasteiger charge is 2.25. The molecule has 0 aromatic heterocycles. The van der Waals surface area contributed by atoms with Crippen molar-refractivity contribution in [1.82, 2.24) is 10.6 Å². The van der Waals surface area contributed by atoms with Gasteiger partial charge in [-0.3, -0.25) is 14.9 Å². The van der Waals surface area contributed by atoms with E-state index in [4.69, 9.17) is 0 Å². The summed E-state index contributed by atoms with van der Waals surface area (Å²) >= 11 is 0. The van der Waals surface area contributed by atoms with E-state index in [9.17, 15) is 20.0 Å². The summed E-state index contributed by atoms with van der Waals surface area (Å²) in [6.45, 7) is 3.14. The van der Waals surface area contributed by atoms with E-state index in [0.29, 0.717) is 25.2 Å². The molecule has 21 heavy (non-hydrogen) atoms. The molecule has 1 aliphatic heterocycles. The lowest BCUT2D eigenvalue weighted by atomic mass is 10.1. The highest BCUT2D eigenvalue weighted by Crippen LogP contribution is 2.19. The van der Waals surface area contributed by atoms with Gasteiger partial charge in [0.1, 0.15) is 0 Å². The maximum absolute atomic E-state index is 12.0. The number of aliphatic hydroxyl groups is 1. The normalized spacial score (nSPS) is 20.7. The van der Waals surface area contributed by atoms with Gasteiger partial charge in [0, 0.05) is 42.7 Å². The van der Waals surface area contributed by atoms with Crippen LogP contribution in [0.15, 0.2) is 18.2 Å². The van der Waals surface area contributed by atoms with E-state index >= 15 is 0 Å². The van der Waals surface area contributed by atoms with Crippen molar-refractivity contribution in [3.63, 3.8) is 0 Å². The Labute approximate surface area is 128 Å². The predicted octanol–water partition coefficient (Wildman–Crippen LogP) is 0.635. The summed E-state index contributed by atoms with van der Waals surface area (Å²) in [6, 6.07) is 4.38. The molecule has 8 heteroatoms. The molecule has 0 aliphatic carbocycles. The molecular formula is C13H18ClN3O4. The van der Waals surface area contributed by atoms with Crippen LogP contribution < -0.4 is 10.6 Å². The van der Waals surface area contributed by atoms with E-state index in [0.717, 1.165) is 0 Å². The number of nitro benzene ring substituents is 1. The molecule has 116 valence electrons. The van der Waals surface area contributed by atoms with Crippen LogP contribution in [0.5, 0.6) is 0 Å². The maximum Gasteiger partial charge on any atom is 0.273 e. The molecule has 0 radical (unpaired) electrons. The van der Waals surface area contributed by atoms with Gasteiger partial charge in [-0.25, -0.2) is 0 Å². The van der Waals surface area contributed by atoms with Crippen molar-refractivity contribution in [1.29, 1.82) is 0 Å². The molecule has 0 bridgehead atoms. The number of β-amino-alcohol motifs (C(OH)–C–C–N with tert-alkyl or cyclic N) is 1. The van der Waals surface area contributed by atoms with Crippen molar-refractivity contribution in [2.24, 2.45) is 5.92 Å². The monoisotopic (exact) mass is 315 g/mol. The number of aryl methyl sites for hydroxylation is 1. The molecule has 1 heterocycles. The number of nitrogens with one attached hydrogen (secondary N) is 2. The van der Waals surface area contributed by atoms with Crippen LogP contribution in [0.2, 0.25) is 0 Å². The largest absolute Gasteiger partial charge is 0.391 e. The number of hydrogen-bond donors (Lipinski definition) is 3. The molecular weight excluding hydrogens is 298 g/mol. The van der Waals surface area contributed by atoms with Crippen LogP contribution in [0.4, 0.5) is 5.69 Å². The van der Waals surface area contributed by atoms with Gasteiger partial charge in [0.15, 0.2) is 0 Å². The zero-order valence-corrected chi connectivity index (χ0v) is 12.4. The highest BCUT2D eigenvalue weighted by atomic mass is 35.5. The van der Waals surface area contributed by atoms with Crippen LogP contribution in [0.25, 0.3) is 0 Å². The number of nitrogens with zero attached hydrogens (tertiary/aromatic N) is 1. The first-order valence-electron chi connectivity index (χ1n) is 6.41. The molecule has 3 N–H and O–H groups in total. The van der Waals surface area contributed by atoms with E-state index in [2.05, 4.69) is 10.6 Å². The van der Waals surface area contributed by atoms with Gasteiger partial charge in [0.05, 0.1) is 11.0 Å². The third kappa shape index (κ3) is 4.13. The Kier molecular flexibility index (Phi) is 6.07. The number of nitro groups is 1. The van der Waals surface area contributed by atoms with Gasteiger partial charge in [0.25, 0.3) is 11.6 Å². The van der Waals surface area contributed by atoms with Crippen LogP contribution in [0.1, 0.15) is 15.9 Å². The topological polar surface area (TPSA) is 104 Å². The molecule has 2 rings (SSSR count). The van der Waals surface area contributed by atoms with Gasteiger partial charge in [0.2, 0.25) is 0 Å². The molecule has 7 nitrogen and oxygen atoms in total. The van der Waals surface area contributed by atoms with Gasteiger partial charge in [-0.15, -0.1) is 12.4 Å². The minimum atomic E-state index is -0.503. The first-order chi connectivity index (χ1) is 9.49. The SMILES string of the molecule is Cc1ccc(C(=O)NCC2CNCC2O)cc1[N+](=O)[O-].Cl. The van der Waals surface area contributed by atoms with Crippen molar-refractivity contribution < 1.29 is 14.8 Å². The molecule has 1 saturated heterocycles. The number of rotatable bonds is 4. The quantitative estimate of drug-likeness (QED) is 0.558. The number of aliphatic hydroxyl groups excluding tert-OH is 1. The summed E-state index contributed by atoms with van der Waals surface area (Å²) in [6.07, 6.45) is -0.470. The molecule has 0 spiro atoms. The molecule has 1 aliphatic rings.